The molecule has 2 nitrogen and oxygen atoms in total. The Balaban J connectivity index is 1.95. The van der Waals surface area contributed by atoms with E-state index in [9.17, 15) is 4.79 Å². The molecule has 2 saturated carbocycles. The SMILES string of the molecule is COC1CCCC(C2CCCCCC2=O)C1. The maximum atomic E-state index is 12.1. The molecule has 0 amide bonds. The van der Waals surface area contributed by atoms with Gasteiger partial charge in [0.15, 0.2) is 0 Å². The quantitative estimate of drug-likeness (QED) is 0.672. The van der Waals surface area contributed by atoms with Crippen molar-refractivity contribution in [3.63, 3.8) is 0 Å². The van der Waals surface area contributed by atoms with Gasteiger partial charge >= 0.3 is 0 Å². The lowest BCUT2D eigenvalue weighted by Crippen LogP contribution is -2.30. The third-order valence-electron chi connectivity index (χ3n) is 4.42. The van der Waals surface area contributed by atoms with Crippen LogP contribution in [0, 0.1) is 11.8 Å². The maximum absolute atomic E-state index is 12.1. The fraction of sp³-hybridized carbons (Fsp3) is 0.929. The second kappa shape index (κ2) is 5.81. The average molecular weight is 224 g/mol. The molecule has 0 radical (unpaired) electrons. The minimum Gasteiger partial charge on any atom is -0.381 e. The topological polar surface area (TPSA) is 26.3 Å². The summed E-state index contributed by atoms with van der Waals surface area (Å²) in [5.74, 6) is 1.52. The third kappa shape index (κ3) is 2.85. The summed E-state index contributed by atoms with van der Waals surface area (Å²) < 4.78 is 5.47. The Labute approximate surface area is 98.7 Å². The van der Waals surface area contributed by atoms with Gasteiger partial charge in [0.1, 0.15) is 5.78 Å². The standard InChI is InChI=1S/C14H24O2/c1-16-12-7-5-6-11(10-12)13-8-3-2-4-9-14(13)15/h11-13H,2-10H2,1H3. The van der Waals surface area contributed by atoms with Gasteiger partial charge < -0.3 is 4.74 Å². The molecule has 2 rings (SSSR count). The van der Waals surface area contributed by atoms with Crippen LogP contribution in [0.4, 0.5) is 0 Å². The van der Waals surface area contributed by atoms with E-state index in [-0.39, 0.29) is 0 Å². The highest BCUT2D eigenvalue weighted by Crippen LogP contribution is 2.36. The van der Waals surface area contributed by atoms with Crippen molar-refractivity contribution in [2.45, 2.75) is 63.9 Å². The normalized spacial score (nSPS) is 37.1. The first-order chi connectivity index (χ1) is 7.81. The fourth-order valence-corrected chi connectivity index (χ4v) is 3.45. The lowest BCUT2D eigenvalue weighted by Gasteiger charge is -2.32. The minimum atomic E-state index is 0.362. The summed E-state index contributed by atoms with van der Waals surface area (Å²) in [6.45, 7) is 0. The Bertz CT molecular complexity index is 237. The van der Waals surface area contributed by atoms with Crippen LogP contribution in [0.2, 0.25) is 0 Å². The Morgan fingerprint density at radius 1 is 1.06 bits per heavy atom. The summed E-state index contributed by atoms with van der Waals surface area (Å²) in [4.78, 5) is 12.1. The number of carbonyl (C=O) groups excluding carboxylic acids is 1. The van der Waals surface area contributed by atoms with Crippen LogP contribution in [0.3, 0.4) is 0 Å². The van der Waals surface area contributed by atoms with Crippen molar-refractivity contribution in [3.8, 4) is 0 Å². The first-order valence-corrected chi connectivity index (χ1v) is 6.86. The van der Waals surface area contributed by atoms with Gasteiger partial charge in [0.25, 0.3) is 0 Å². The molecule has 0 saturated heterocycles. The monoisotopic (exact) mass is 224 g/mol. The summed E-state index contributed by atoms with van der Waals surface area (Å²) >= 11 is 0. The zero-order valence-corrected chi connectivity index (χ0v) is 10.4. The molecule has 0 aromatic rings. The highest BCUT2D eigenvalue weighted by Gasteiger charge is 2.32. The minimum absolute atomic E-state index is 0.362. The summed E-state index contributed by atoms with van der Waals surface area (Å²) in [7, 11) is 1.81. The van der Waals surface area contributed by atoms with E-state index in [0.29, 0.717) is 23.7 Å². The molecule has 0 aromatic carbocycles. The molecule has 92 valence electrons. The molecule has 16 heavy (non-hydrogen) atoms. The molecule has 0 aromatic heterocycles. The Hall–Kier alpha value is -0.370. The van der Waals surface area contributed by atoms with Crippen LogP contribution in [-0.2, 0) is 9.53 Å². The van der Waals surface area contributed by atoms with Gasteiger partial charge in [-0.3, -0.25) is 4.79 Å². The number of methoxy groups -OCH3 is 1. The van der Waals surface area contributed by atoms with Gasteiger partial charge in [-0.15, -0.1) is 0 Å². The van der Waals surface area contributed by atoms with Gasteiger partial charge in [-0.05, 0) is 38.0 Å². The molecular weight excluding hydrogens is 200 g/mol. The number of carbonyl (C=O) groups is 1. The Kier molecular flexibility index (Phi) is 4.39. The van der Waals surface area contributed by atoms with Crippen molar-refractivity contribution in [2.24, 2.45) is 11.8 Å². The van der Waals surface area contributed by atoms with Crippen LogP contribution in [-0.4, -0.2) is 19.0 Å². The molecule has 2 aliphatic carbocycles. The zero-order valence-electron chi connectivity index (χ0n) is 10.4. The van der Waals surface area contributed by atoms with E-state index < -0.39 is 0 Å². The second-order valence-electron chi connectivity index (χ2n) is 5.46. The predicted molar refractivity (Wildman–Crippen MR) is 64.3 cm³/mol. The van der Waals surface area contributed by atoms with E-state index >= 15 is 0 Å². The molecule has 0 bridgehead atoms. The number of Topliss-reactive ketones (excluding diaryl/α,β-unsaturated/α-hetero) is 1. The maximum Gasteiger partial charge on any atom is 0.136 e. The molecule has 2 heteroatoms. The van der Waals surface area contributed by atoms with E-state index in [0.717, 1.165) is 25.7 Å². The smallest absolute Gasteiger partial charge is 0.136 e. The summed E-state index contributed by atoms with van der Waals surface area (Å²) in [5, 5.41) is 0. The zero-order chi connectivity index (χ0) is 11.4. The van der Waals surface area contributed by atoms with Crippen LogP contribution in [0.1, 0.15) is 57.8 Å². The number of rotatable bonds is 2. The van der Waals surface area contributed by atoms with Crippen LogP contribution >= 0.6 is 0 Å². The van der Waals surface area contributed by atoms with E-state index in [4.69, 9.17) is 4.74 Å². The summed E-state index contributed by atoms with van der Waals surface area (Å²) in [6, 6.07) is 0. The van der Waals surface area contributed by atoms with E-state index in [1.165, 1.54) is 32.1 Å². The summed E-state index contributed by atoms with van der Waals surface area (Å²) in [5.41, 5.74) is 0. The highest BCUT2D eigenvalue weighted by molar-refractivity contribution is 5.81. The average Bonchev–Trinajstić information content (AvgIpc) is 2.54. The van der Waals surface area contributed by atoms with Gasteiger partial charge in [0.05, 0.1) is 6.10 Å². The van der Waals surface area contributed by atoms with E-state index in [1.54, 1.807) is 0 Å². The van der Waals surface area contributed by atoms with Crippen LogP contribution in [0.15, 0.2) is 0 Å². The molecule has 3 atom stereocenters. The fourth-order valence-electron chi connectivity index (χ4n) is 3.45. The molecule has 0 aliphatic heterocycles. The molecular formula is C14H24O2. The second-order valence-corrected chi connectivity index (χ2v) is 5.46. The van der Waals surface area contributed by atoms with Crippen LogP contribution < -0.4 is 0 Å². The lowest BCUT2D eigenvalue weighted by atomic mass is 9.75. The van der Waals surface area contributed by atoms with Gasteiger partial charge in [0.2, 0.25) is 0 Å². The molecule has 3 unspecified atom stereocenters. The highest BCUT2D eigenvalue weighted by atomic mass is 16.5. The van der Waals surface area contributed by atoms with Crippen molar-refractivity contribution >= 4 is 5.78 Å². The molecule has 2 aliphatic rings. The van der Waals surface area contributed by atoms with Gasteiger partial charge in [-0.1, -0.05) is 19.3 Å². The molecule has 0 heterocycles. The first-order valence-electron chi connectivity index (χ1n) is 6.86. The van der Waals surface area contributed by atoms with Gasteiger partial charge in [-0.25, -0.2) is 0 Å². The van der Waals surface area contributed by atoms with Gasteiger partial charge in [-0.2, -0.15) is 0 Å². The number of ketones is 1. The van der Waals surface area contributed by atoms with Crippen molar-refractivity contribution in [3.05, 3.63) is 0 Å². The number of ether oxygens (including phenoxy) is 1. The van der Waals surface area contributed by atoms with Crippen molar-refractivity contribution in [1.29, 1.82) is 0 Å². The molecule has 2 fully saturated rings. The van der Waals surface area contributed by atoms with Gasteiger partial charge in [0, 0.05) is 19.4 Å². The van der Waals surface area contributed by atoms with Crippen molar-refractivity contribution < 1.29 is 9.53 Å². The third-order valence-corrected chi connectivity index (χ3v) is 4.42. The summed E-state index contributed by atoms with van der Waals surface area (Å²) in [6.07, 6.45) is 10.8. The van der Waals surface area contributed by atoms with E-state index in [1.807, 2.05) is 7.11 Å². The number of hydrogen-bond donors (Lipinski definition) is 0. The van der Waals surface area contributed by atoms with Crippen molar-refractivity contribution in [2.75, 3.05) is 7.11 Å². The number of hydrogen-bond acceptors (Lipinski definition) is 2. The predicted octanol–water partition coefficient (Wildman–Crippen LogP) is 3.34. The van der Waals surface area contributed by atoms with Crippen LogP contribution in [0.25, 0.3) is 0 Å². The molecule has 0 spiro atoms. The largest absolute Gasteiger partial charge is 0.381 e. The Morgan fingerprint density at radius 3 is 2.75 bits per heavy atom. The lowest BCUT2D eigenvalue weighted by molar-refractivity contribution is -0.125. The van der Waals surface area contributed by atoms with Crippen molar-refractivity contribution in [1.82, 2.24) is 0 Å². The Morgan fingerprint density at radius 2 is 1.94 bits per heavy atom. The first kappa shape index (κ1) is 12.1. The molecule has 0 N–H and O–H groups in total. The van der Waals surface area contributed by atoms with E-state index in [2.05, 4.69) is 0 Å². The van der Waals surface area contributed by atoms with Crippen LogP contribution in [0.5, 0.6) is 0 Å².